The second kappa shape index (κ2) is 7.74. The van der Waals surface area contributed by atoms with Gasteiger partial charge >= 0.3 is 0 Å². The molecule has 0 aromatic rings. The van der Waals surface area contributed by atoms with E-state index in [-0.39, 0.29) is 18.4 Å². The first-order valence-corrected chi connectivity index (χ1v) is 10.2. The lowest BCUT2D eigenvalue weighted by molar-refractivity contribution is -0.124. The molecule has 0 saturated carbocycles. The van der Waals surface area contributed by atoms with Crippen molar-refractivity contribution in [2.24, 2.45) is 5.11 Å². The molecular formula is C13H27N3O5Si. The number of nitrogens with zero attached hydrogens (tertiary/aromatic N) is 3. The molecule has 8 nitrogen and oxygen atoms in total. The first-order valence-electron chi connectivity index (χ1n) is 7.26. The molecule has 0 amide bonds. The molecule has 128 valence electrons. The molecule has 22 heavy (non-hydrogen) atoms. The first-order chi connectivity index (χ1) is 10.1. The lowest BCUT2D eigenvalue weighted by Gasteiger charge is -2.37. The van der Waals surface area contributed by atoms with Crippen LogP contribution in [0, 0.1) is 0 Å². The van der Waals surface area contributed by atoms with Crippen LogP contribution in [0.1, 0.15) is 20.8 Å². The van der Waals surface area contributed by atoms with E-state index in [1.165, 1.54) is 7.11 Å². The Morgan fingerprint density at radius 3 is 2.50 bits per heavy atom. The summed E-state index contributed by atoms with van der Waals surface area (Å²) < 4.78 is 22.0. The summed E-state index contributed by atoms with van der Waals surface area (Å²) in [5, 5.41) is 13.5. The summed E-state index contributed by atoms with van der Waals surface area (Å²) in [6.45, 7) is 11.0. The third-order valence-electron chi connectivity index (χ3n) is 4.29. The van der Waals surface area contributed by atoms with E-state index >= 15 is 0 Å². The summed E-state index contributed by atoms with van der Waals surface area (Å²) in [5.74, 6) is 0. The standard InChI is InChI=1S/C13H27N3O5Si/c1-13(2,3)22(5,6)20-7-9-11(19-8-18-4)10(15-16-14)12(17)21-9/h9-12,17H,7-8H2,1-6H3/t9-,10?,11-,12?/m1/s1. The highest BCUT2D eigenvalue weighted by Gasteiger charge is 2.46. The van der Waals surface area contributed by atoms with Crippen molar-refractivity contribution in [3.8, 4) is 0 Å². The van der Waals surface area contributed by atoms with Gasteiger partial charge in [0, 0.05) is 12.0 Å². The van der Waals surface area contributed by atoms with Crippen LogP contribution in [0.15, 0.2) is 5.11 Å². The minimum Gasteiger partial charge on any atom is -0.414 e. The number of aliphatic hydroxyl groups excluding tert-OH is 1. The van der Waals surface area contributed by atoms with Crippen molar-refractivity contribution in [3.63, 3.8) is 0 Å². The van der Waals surface area contributed by atoms with Gasteiger partial charge in [-0.1, -0.05) is 25.9 Å². The molecule has 1 heterocycles. The predicted octanol–water partition coefficient (Wildman–Crippen LogP) is 2.39. The topological polar surface area (TPSA) is 106 Å². The molecule has 1 fully saturated rings. The number of rotatable bonds is 7. The van der Waals surface area contributed by atoms with E-state index in [0.717, 1.165) is 0 Å². The summed E-state index contributed by atoms with van der Waals surface area (Å²) in [4.78, 5) is 2.74. The van der Waals surface area contributed by atoms with Crippen LogP contribution in [0.4, 0.5) is 0 Å². The van der Waals surface area contributed by atoms with Gasteiger partial charge in [0.25, 0.3) is 0 Å². The summed E-state index contributed by atoms with van der Waals surface area (Å²) in [5.41, 5.74) is 8.62. The van der Waals surface area contributed by atoms with E-state index in [2.05, 4.69) is 43.9 Å². The van der Waals surface area contributed by atoms with Crippen LogP contribution in [0.5, 0.6) is 0 Å². The molecule has 0 spiro atoms. The van der Waals surface area contributed by atoms with Crippen LogP contribution in [0.25, 0.3) is 10.4 Å². The molecule has 0 aromatic heterocycles. The van der Waals surface area contributed by atoms with E-state index in [1.54, 1.807) is 0 Å². The number of azide groups is 1. The Labute approximate surface area is 132 Å². The van der Waals surface area contributed by atoms with E-state index in [1.807, 2.05) is 0 Å². The van der Waals surface area contributed by atoms with E-state index in [4.69, 9.17) is 24.2 Å². The number of ether oxygens (including phenoxy) is 3. The second-order valence-corrected chi connectivity index (χ2v) is 11.7. The maximum atomic E-state index is 9.90. The molecule has 9 heteroatoms. The molecular weight excluding hydrogens is 306 g/mol. The van der Waals surface area contributed by atoms with Crippen molar-refractivity contribution >= 4 is 8.32 Å². The van der Waals surface area contributed by atoms with Gasteiger partial charge < -0.3 is 23.7 Å². The van der Waals surface area contributed by atoms with Gasteiger partial charge in [0.05, 0.1) is 6.61 Å². The Hall–Kier alpha value is -0.673. The monoisotopic (exact) mass is 333 g/mol. The largest absolute Gasteiger partial charge is 0.414 e. The Kier molecular flexibility index (Phi) is 6.81. The van der Waals surface area contributed by atoms with Gasteiger partial charge in [0.1, 0.15) is 25.0 Å². The van der Waals surface area contributed by atoms with Gasteiger partial charge in [0.2, 0.25) is 0 Å². The summed E-state index contributed by atoms with van der Waals surface area (Å²) in [6, 6.07) is -0.812. The van der Waals surface area contributed by atoms with Crippen LogP contribution < -0.4 is 0 Å². The second-order valence-electron chi connectivity index (χ2n) is 6.87. The van der Waals surface area contributed by atoms with Crippen LogP contribution in [-0.2, 0) is 18.6 Å². The van der Waals surface area contributed by atoms with E-state index in [9.17, 15) is 5.11 Å². The highest BCUT2D eigenvalue weighted by atomic mass is 28.4. The maximum Gasteiger partial charge on any atom is 0.192 e. The van der Waals surface area contributed by atoms with Crippen molar-refractivity contribution in [2.45, 2.75) is 63.4 Å². The predicted molar refractivity (Wildman–Crippen MR) is 83.7 cm³/mol. The van der Waals surface area contributed by atoms with Gasteiger partial charge in [-0.2, -0.15) is 0 Å². The minimum atomic E-state index is -1.95. The summed E-state index contributed by atoms with van der Waals surface area (Å²) >= 11 is 0. The fourth-order valence-electron chi connectivity index (χ4n) is 1.90. The van der Waals surface area contributed by atoms with E-state index < -0.39 is 32.9 Å². The highest BCUT2D eigenvalue weighted by molar-refractivity contribution is 6.74. The lowest BCUT2D eigenvalue weighted by Crippen LogP contribution is -2.45. The zero-order valence-corrected chi connectivity index (χ0v) is 15.1. The molecule has 4 atom stereocenters. The van der Waals surface area contributed by atoms with Gasteiger partial charge in [0.15, 0.2) is 14.6 Å². The highest BCUT2D eigenvalue weighted by Crippen LogP contribution is 2.37. The zero-order valence-electron chi connectivity index (χ0n) is 14.1. The molecule has 0 radical (unpaired) electrons. The fraction of sp³-hybridized carbons (Fsp3) is 1.00. The van der Waals surface area contributed by atoms with E-state index in [0.29, 0.717) is 0 Å². The van der Waals surface area contributed by atoms with Gasteiger partial charge in [-0.15, -0.1) is 0 Å². The zero-order chi connectivity index (χ0) is 17.0. The fourth-order valence-corrected chi connectivity index (χ4v) is 2.91. The van der Waals surface area contributed by atoms with Crippen LogP contribution in [0.2, 0.25) is 18.1 Å². The first kappa shape index (κ1) is 19.4. The molecule has 2 unspecified atom stereocenters. The van der Waals surface area contributed by atoms with Crippen molar-refractivity contribution in [3.05, 3.63) is 10.4 Å². The minimum absolute atomic E-state index is 0.0226. The molecule has 0 aromatic carbocycles. The van der Waals surface area contributed by atoms with Crippen molar-refractivity contribution in [1.82, 2.24) is 0 Å². The summed E-state index contributed by atoms with van der Waals surface area (Å²) in [6.07, 6.45) is -2.31. The number of hydrogen-bond donors (Lipinski definition) is 1. The average Bonchev–Trinajstić information content (AvgIpc) is 2.70. The average molecular weight is 333 g/mol. The van der Waals surface area contributed by atoms with Crippen LogP contribution in [-0.4, -0.2) is 58.5 Å². The molecule has 1 N–H and O–H groups in total. The molecule has 1 rings (SSSR count). The number of aliphatic hydroxyl groups is 1. The summed E-state index contributed by atoms with van der Waals surface area (Å²) in [7, 11) is -0.452. The molecule has 1 saturated heterocycles. The maximum absolute atomic E-state index is 9.90. The molecule has 1 aliphatic rings. The van der Waals surface area contributed by atoms with Crippen LogP contribution in [0.3, 0.4) is 0 Å². The van der Waals surface area contributed by atoms with Crippen molar-refractivity contribution < 1.29 is 23.7 Å². The normalized spacial score (nSPS) is 29.4. The Bertz CT molecular complexity index is 409. The Morgan fingerprint density at radius 1 is 1.36 bits per heavy atom. The number of hydrogen-bond acceptors (Lipinski definition) is 6. The SMILES string of the molecule is COCO[C@H]1C(N=[N+]=[N-])C(O)O[C@@H]1CO[Si](C)(C)C(C)(C)C. The van der Waals surface area contributed by atoms with Gasteiger partial charge in [-0.05, 0) is 23.7 Å². The van der Waals surface area contributed by atoms with Crippen molar-refractivity contribution in [2.75, 3.05) is 20.5 Å². The number of methoxy groups -OCH3 is 1. The van der Waals surface area contributed by atoms with Crippen LogP contribution >= 0.6 is 0 Å². The molecule has 1 aliphatic heterocycles. The third kappa shape index (κ3) is 4.66. The van der Waals surface area contributed by atoms with Gasteiger partial charge in [-0.3, -0.25) is 0 Å². The quantitative estimate of drug-likeness (QED) is 0.253. The molecule has 0 aliphatic carbocycles. The Morgan fingerprint density at radius 2 is 2.00 bits per heavy atom. The molecule has 0 bridgehead atoms. The lowest BCUT2D eigenvalue weighted by atomic mass is 10.1. The smallest absolute Gasteiger partial charge is 0.192 e. The third-order valence-corrected chi connectivity index (χ3v) is 8.79. The Balaban J connectivity index is 2.77. The van der Waals surface area contributed by atoms with Gasteiger partial charge in [-0.25, -0.2) is 0 Å². The van der Waals surface area contributed by atoms with Crippen molar-refractivity contribution in [1.29, 1.82) is 0 Å².